The molecule has 0 unspecified atom stereocenters. The van der Waals surface area contributed by atoms with Crippen LogP contribution in [0.15, 0.2) is 53.0 Å². The van der Waals surface area contributed by atoms with Gasteiger partial charge in [-0.2, -0.15) is 0 Å². The Morgan fingerprint density at radius 1 is 1.05 bits per heavy atom. The number of nitrogens with zero attached hydrogens (tertiary/aromatic N) is 1. The Balaban J connectivity index is 1.73. The summed E-state index contributed by atoms with van der Waals surface area (Å²) in [6, 6.07) is 16.1. The Labute approximate surface area is 121 Å². The van der Waals surface area contributed by atoms with E-state index in [-0.39, 0.29) is 5.91 Å². The number of fused-ring (bicyclic) bond motifs is 1. The zero-order valence-corrected chi connectivity index (χ0v) is 12.1. The number of amides is 1. The molecule has 0 saturated heterocycles. The third-order valence-electron chi connectivity index (χ3n) is 3.48. The zero-order valence-electron chi connectivity index (χ0n) is 10.5. The van der Waals surface area contributed by atoms with Gasteiger partial charge in [-0.1, -0.05) is 58.4 Å². The van der Waals surface area contributed by atoms with E-state index in [1.165, 1.54) is 11.1 Å². The highest BCUT2D eigenvalue weighted by molar-refractivity contribution is 9.10. The van der Waals surface area contributed by atoms with E-state index < -0.39 is 0 Å². The minimum absolute atomic E-state index is 0.189. The summed E-state index contributed by atoms with van der Waals surface area (Å²) < 4.78 is 1.10. The molecule has 2 aromatic rings. The quantitative estimate of drug-likeness (QED) is 0.830. The van der Waals surface area contributed by atoms with E-state index in [2.05, 4.69) is 22.0 Å². The van der Waals surface area contributed by atoms with Crippen LogP contribution in [0.2, 0.25) is 0 Å². The molecule has 0 spiro atoms. The van der Waals surface area contributed by atoms with E-state index in [1.54, 1.807) is 0 Å². The number of hydrogen-bond acceptors (Lipinski definition) is 1. The molecule has 2 nitrogen and oxygen atoms in total. The molecule has 0 saturated carbocycles. The Morgan fingerprint density at radius 2 is 1.84 bits per heavy atom. The second-order valence-electron chi connectivity index (χ2n) is 4.79. The number of halogens is 1. The van der Waals surface area contributed by atoms with Gasteiger partial charge in [0.1, 0.15) is 0 Å². The van der Waals surface area contributed by atoms with Crippen LogP contribution in [-0.4, -0.2) is 10.8 Å². The summed E-state index contributed by atoms with van der Waals surface area (Å²) in [6.45, 7) is 1.43. The first kappa shape index (κ1) is 12.4. The van der Waals surface area contributed by atoms with Crippen molar-refractivity contribution in [1.29, 1.82) is 0 Å². The fourth-order valence-corrected chi connectivity index (χ4v) is 2.97. The molecule has 1 heterocycles. The monoisotopic (exact) mass is 315 g/mol. The summed E-state index contributed by atoms with van der Waals surface area (Å²) in [5, 5.41) is 0. The molecule has 0 bridgehead atoms. The second kappa shape index (κ2) is 5.17. The van der Waals surface area contributed by atoms with Gasteiger partial charge in [-0.05, 0) is 22.8 Å². The summed E-state index contributed by atoms with van der Waals surface area (Å²) in [4.78, 5) is 14.2. The molecule has 1 amide bonds. The van der Waals surface area contributed by atoms with Crippen molar-refractivity contribution >= 4 is 21.8 Å². The molecule has 3 heteroatoms. The van der Waals surface area contributed by atoms with Gasteiger partial charge >= 0.3 is 0 Å². The summed E-state index contributed by atoms with van der Waals surface area (Å²) in [5.74, 6) is 0.189. The van der Waals surface area contributed by atoms with Gasteiger partial charge in [-0.25, -0.2) is 0 Å². The van der Waals surface area contributed by atoms with Crippen LogP contribution < -0.4 is 0 Å². The molecule has 0 fully saturated rings. The van der Waals surface area contributed by atoms with E-state index in [9.17, 15) is 4.79 Å². The van der Waals surface area contributed by atoms with Crippen molar-refractivity contribution < 1.29 is 4.79 Å². The van der Waals surface area contributed by atoms with Gasteiger partial charge in [0.15, 0.2) is 0 Å². The maximum Gasteiger partial charge on any atom is 0.227 e. The number of hydrogen-bond donors (Lipinski definition) is 0. The first-order chi connectivity index (χ1) is 9.24. The van der Waals surface area contributed by atoms with Crippen LogP contribution in [0.3, 0.4) is 0 Å². The molecule has 0 atom stereocenters. The van der Waals surface area contributed by atoms with E-state index in [1.807, 2.05) is 47.4 Å². The predicted octanol–water partition coefficient (Wildman–Crippen LogP) is 3.53. The molecule has 19 heavy (non-hydrogen) atoms. The third kappa shape index (κ3) is 2.56. The number of carbonyl (C=O) groups is 1. The number of benzene rings is 2. The number of carbonyl (C=O) groups excluding carboxylic acids is 1. The first-order valence-electron chi connectivity index (χ1n) is 6.32. The van der Waals surface area contributed by atoms with Gasteiger partial charge in [0.05, 0.1) is 6.42 Å². The maximum atomic E-state index is 12.3. The zero-order chi connectivity index (χ0) is 13.2. The van der Waals surface area contributed by atoms with Gasteiger partial charge < -0.3 is 4.90 Å². The highest BCUT2D eigenvalue weighted by Gasteiger charge is 2.24. The lowest BCUT2D eigenvalue weighted by Crippen LogP contribution is -2.26. The molecular weight excluding hydrogens is 302 g/mol. The molecule has 1 aliphatic rings. The SMILES string of the molecule is O=C(Cc1ccccc1)N1Cc2cccc(Br)c2C1. The number of rotatable bonds is 2. The minimum atomic E-state index is 0.189. The van der Waals surface area contributed by atoms with Crippen LogP contribution in [0, 0.1) is 0 Å². The van der Waals surface area contributed by atoms with E-state index in [0.717, 1.165) is 16.6 Å². The van der Waals surface area contributed by atoms with Gasteiger partial charge in [0.25, 0.3) is 0 Å². The van der Waals surface area contributed by atoms with Crippen molar-refractivity contribution in [3.63, 3.8) is 0 Å². The maximum absolute atomic E-state index is 12.3. The van der Waals surface area contributed by atoms with Crippen LogP contribution in [0.25, 0.3) is 0 Å². The summed E-state index contributed by atoms with van der Waals surface area (Å²) in [6.07, 6.45) is 0.479. The smallest absolute Gasteiger partial charge is 0.227 e. The van der Waals surface area contributed by atoms with Crippen LogP contribution in [0.1, 0.15) is 16.7 Å². The fourth-order valence-electron chi connectivity index (χ4n) is 2.44. The Morgan fingerprint density at radius 3 is 2.58 bits per heavy atom. The molecule has 96 valence electrons. The standard InChI is InChI=1S/C16H14BrNO/c17-15-8-4-7-13-10-18(11-14(13)15)16(19)9-12-5-2-1-3-6-12/h1-8H,9-11H2. The Bertz CT molecular complexity index is 609. The fraction of sp³-hybridized carbons (Fsp3) is 0.188. The lowest BCUT2D eigenvalue weighted by atomic mass is 10.1. The largest absolute Gasteiger partial charge is 0.334 e. The van der Waals surface area contributed by atoms with Crippen LogP contribution >= 0.6 is 15.9 Å². The van der Waals surface area contributed by atoms with Crippen molar-refractivity contribution in [3.8, 4) is 0 Å². The normalized spacial score (nSPS) is 13.4. The average Bonchev–Trinajstić information content (AvgIpc) is 2.85. The molecule has 1 aliphatic heterocycles. The van der Waals surface area contributed by atoms with E-state index in [0.29, 0.717) is 13.0 Å². The van der Waals surface area contributed by atoms with Crippen molar-refractivity contribution in [3.05, 3.63) is 69.7 Å². The second-order valence-corrected chi connectivity index (χ2v) is 5.64. The van der Waals surface area contributed by atoms with Gasteiger partial charge in [0, 0.05) is 17.6 Å². The van der Waals surface area contributed by atoms with Gasteiger partial charge in [0.2, 0.25) is 5.91 Å². The topological polar surface area (TPSA) is 20.3 Å². The van der Waals surface area contributed by atoms with E-state index in [4.69, 9.17) is 0 Å². The van der Waals surface area contributed by atoms with Crippen molar-refractivity contribution in [1.82, 2.24) is 4.90 Å². The molecule has 0 radical (unpaired) electrons. The van der Waals surface area contributed by atoms with Gasteiger partial charge in [-0.3, -0.25) is 4.79 Å². The van der Waals surface area contributed by atoms with Crippen LogP contribution in [0.4, 0.5) is 0 Å². The summed E-state index contributed by atoms with van der Waals surface area (Å²) in [7, 11) is 0. The summed E-state index contributed by atoms with van der Waals surface area (Å²) >= 11 is 3.55. The first-order valence-corrected chi connectivity index (χ1v) is 7.11. The highest BCUT2D eigenvalue weighted by atomic mass is 79.9. The predicted molar refractivity (Wildman–Crippen MR) is 78.5 cm³/mol. The molecular formula is C16H14BrNO. The molecule has 0 N–H and O–H groups in total. The lowest BCUT2D eigenvalue weighted by molar-refractivity contribution is -0.131. The molecule has 0 aromatic heterocycles. The van der Waals surface area contributed by atoms with Crippen LogP contribution in [-0.2, 0) is 24.3 Å². The lowest BCUT2D eigenvalue weighted by Gasteiger charge is -2.15. The van der Waals surface area contributed by atoms with Crippen molar-refractivity contribution in [2.24, 2.45) is 0 Å². The Hall–Kier alpha value is -1.61. The van der Waals surface area contributed by atoms with Crippen molar-refractivity contribution in [2.45, 2.75) is 19.5 Å². The van der Waals surface area contributed by atoms with Crippen molar-refractivity contribution in [2.75, 3.05) is 0 Å². The third-order valence-corrected chi connectivity index (χ3v) is 4.22. The minimum Gasteiger partial charge on any atom is -0.334 e. The highest BCUT2D eigenvalue weighted by Crippen LogP contribution is 2.29. The van der Waals surface area contributed by atoms with E-state index >= 15 is 0 Å². The average molecular weight is 316 g/mol. The Kier molecular flexibility index (Phi) is 3.38. The molecule has 2 aromatic carbocycles. The van der Waals surface area contributed by atoms with Gasteiger partial charge in [-0.15, -0.1) is 0 Å². The summed E-state index contributed by atoms with van der Waals surface area (Å²) in [5.41, 5.74) is 3.56. The van der Waals surface area contributed by atoms with Crippen LogP contribution in [0.5, 0.6) is 0 Å². The molecule has 3 rings (SSSR count). The molecule has 0 aliphatic carbocycles.